The molecule has 66 valence electrons. The van der Waals surface area contributed by atoms with E-state index in [2.05, 4.69) is 4.52 Å². The van der Waals surface area contributed by atoms with E-state index in [1.165, 1.54) is 0 Å². The molecule has 0 saturated heterocycles. The SMILES string of the molecule is O=C(OP(=O)([O-])[O-])C(O)CO.[Na+].[Na+]. The van der Waals surface area contributed by atoms with Gasteiger partial charge >= 0.3 is 65.1 Å². The first-order chi connectivity index (χ1) is 4.87. The Hall–Kier alpha value is 1.54. The van der Waals surface area contributed by atoms with Crippen LogP contribution in [0.1, 0.15) is 0 Å². The van der Waals surface area contributed by atoms with Gasteiger partial charge in [0.15, 0.2) is 6.10 Å². The van der Waals surface area contributed by atoms with Gasteiger partial charge in [0, 0.05) is 0 Å². The Morgan fingerprint density at radius 1 is 1.46 bits per heavy atom. The van der Waals surface area contributed by atoms with Crippen LogP contribution in [0, 0.1) is 0 Å². The number of carbonyl (C=O) groups excluding carboxylic acids is 1. The second-order valence-corrected chi connectivity index (χ2v) is 2.63. The summed E-state index contributed by atoms with van der Waals surface area (Å²) in [4.78, 5) is 29.6. The maximum atomic E-state index is 10.2. The van der Waals surface area contributed by atoms with Crippen LogP contribution in [-0.2, 0) is 13.9 Å². The molecule has 0 aliphatic rings. The van der Waals surface area contributed by atoms with Crippen LogP contribution in [0.25, 0.3) is 0 Å². The van der Waals surface area contributed by atoms with Crippen molar-refractivity contribution in [3.63, 3.8) is 0 Å². The van der Waals surface area contributed by atoms with Crippen molar-refractivity contribution < 1.29 is 93.0 Å². The molecule has 1 atom stereocenters. The largest absolute Gasteiger partial charge is 1.00 e. The molecule has 0 rings (SSSR count). The van der Waals surface area contributed by atoms with Gasteiger partial charge in [0.05, 0.1) is 6.61 Å². The Morgan fingerprint density at radius 2 is 1.85 bits per heavy atom. The van der Waals surface area contributed by atoms with Crippen LogP contribution in [0.3, 0.4) is 0 Å². The minimum absolute atomic E-state index is 0. The normalized spacial score (nSPS) is 12.0. The molecular formula is C3H5Na2O7P. The maximum absolute atomic E-state index is 10.2. The standard InChI is InChI=1S/C3H7O7P.2Na/c4-1-2(5)3(6)10-11(7,8)9;;/h2,4-5H,1H2,(H2,7,8,9);;/q;2*+1/p-2. The van der Waals surface area contributed by atoms with E-state index >= 15 is 0 Å². The molecule has 0 aromatic rings. The minimum Gasteiger partial charge on any atom is -0.780 e. The quantitative estimate of drug-likeness (QED) is 0.363. The van der Waals surface area contributed by atoms with Gasteiger partial charge in [-0.3, -0.25) is 0 Å². The molecule has 0 aliphatic carbocycles. The van der Waals surface area contributed by atoms with Gasteiger partial charge in [0.2, 0.25) is 0 Å². The smallest absolute Gasteiger partial charge is 0.780 e. The van der Waals surface area contributed by atoms with Gasteiger partial charge in [0.25, 0.3) is 0 Å². The summed E-state index contributed by atoms with van der Waals surface area (Å²) in [5.74, 6) is -1.68. The molecule has 0 aliphatic heterocycles. The zero-order chi connectivity index (χ0) is 9.07. The minimum atomic E-state index is -5.41. The summed E-state index contributed by atoms with van der Waals surface area (Å²) >= 11 is 0. The molecule has 1 unspecified atom stereocenters. The van der Waals surface area contributed by atoms with Crippen molar-refractivity contribution in [2.24, 2.45) is 0 Å². The second-order valence-electron chi connectivity index (χ2n) is 1.56. The third-order valence-corrected chi connectivity index (χ3v) is 1.05. The summed E-state index contributed by atoms with van der Waals surface area (Å²) in [5, 5.41) is 16.4. The van der Waals surface area contributed by atoms with E-state index in [0.29, 0.717) is 0 Å². The number of phosphoric acid groups is 1. The molecule has 2 N–H and O–H groups in total. The molecule has 0 aromatic carbocycles. The van der Waals surface area contributed by atoms with Crippen molar-refractivity contribution in [3.05, 3.63) is 0 Å². The summed E-state index contributed by atoms with van der Waals surface area (Å²) in [6.45, 7) is -1.00. The Balaban J connectivity index is -0.000000500. The summed E-state index contributed by atoms with van der Waals surface area (Å²) in [6, 6.07) is 0. The van der Waals surface area contributed by atoms with Gasteiger partial charge in [-0.05, 0) is 0 Å². The number of rotatable bonds is 3. The third-order valence-electron chi connectivity index (χ3n) is 0.647. The van der Waals surface area contributed by atoms with Crippen molar-refractivity contribution in [3.8, 4) is 0 Å². The molecule has 0 aromatic heterocycles. The van der Waals surface area contributed by atoms with Crippen molar-refractivity contribution in [2.75, 3.05) is 6.61 Å². The summed E-state index contributed by atoms with van der Waals surface area (Å²) in [6.07, 6.45) is -1.99. The third kappa shape index (κ3) is 11.5. The fraction of sp³-hybridized carbons (Fsp3) is 0.667. The number of aliphatic hydroxyl groups excluding tert-OH is 2. The maximum Gasteiger partial charge on any atom is 1.00 e. The number of aliphatic hydroxyl groups is 2. The first-order valence-electron chi connectivity index (χ1n) is 2.41. The Labute approximate surface area is 118 Å². The Kier molecular flexibility index (Phi) is 13.6. The number of hydrogen-bond donors (Lipinski definition) is 2. The van der Waals surface area contributed by atoms with E-state index < -0.39 is 26.5 Å². The number of carbonyl (C=O) groups is 1. The number of hydrogen-bond acceptors (Lipinski definition) is 7. The van der Waals surface area contributed by atoms with Crippen molar-refractivity contribution >= 4 is 13.8 Å². The fourth-order valence-corrected chi connectivity index (χ4v) is 0.588. The zero-order valence-electron chi connectivity index (χ0n) is 7.17. The Bertz CT molecular complexity index is 190. The average molecular weight is 230 g/mol. The van der Waals surface area contributed by atoms with Crippen molar-refractivity contribution in [1.29, 1.82) is 0 Å². The first-order valence-corrected chi connectivity index (χ1v) is 3.87. The molecule has 0 spiro atoms. The molecule has 0 bridgehead atoms. The topological polar surface area (TPSA) is 130 Å². The molecule has 10 heteroatoms. The molecule has 0 saturated carbocycles. The second kappa shape index (κ2) is 8.82. The van der Waals surface area contributed by atoms with Gasteiger partial charge in [-0.25, -0.2) is 4.79 Å². The molecule has 0 radical (unpaired) electrons. The van der Waals surface area contributed by atoms with E-state index in [4.69, 9.17) is 10.2 Å². The van der Waals surface area contributed by atoms with Gasteiger partial charge in [0.1, 0.15) is 7.82 Å². The molecule has 0 fully saturated rings. The molecule has 0 amide bonds. The first kappa shape index (κ1) is 20.0. The molecule has 7 nitrogen and oxygen atoms in total. The van der Waals surface area contributed by atoms with E-state index in [1.807, 2.05) is 0 Å². The van der Waals surface area contributed by atoms with Crippen LogP contribution in [0.5, 0.6) is 0 Å². The van der Waals surface area contributed by atoms with Gasteiger partial charge in [-0.1, -0.05) is 0 Å². The van der Waals surface area contributed by atoms with Crippen LogP contribution in [0.15, 0.2) is 0 Å². The van der Waals surface area contributed by atoms with Crippen LogP contribution >= 0.6 is 7.82 Å². The van der Waals surface area contributed by atoms with Crippen molar-refractivity contribution in [1.82, 2.24) is 0 Å². The van der Waals surface area contributed by atoms with E-state index in [9.17, 15) is 19.1 Å². The monoisotopic (exact) mass is 230 g/mol. The van der Waals surface area contributed by atoms with Gasteiger partial charge in [-0.15, -0.1) is 0 Å². The van der Waals surface area contributed by atoms with Crippen LogP contribution in [-0.4, -0.2) is 28.9 Å². The fourth-order valence-electron chi connectivity index (χ4n) is 0.246. The predicted molar refractivity (Wildman–Crippen MR) is 26.8 cm³/mol. The van der Waals surface area contributed by atoms with Crippen LogP contribution < -0.4 is 68.9 Å². The molecule has 0 heterocycles. The number of phosphoric ester groups is 1. The van der Waals surface area contributed by atoms with Crippen molar-refractivity contribution in [2.45, 2.75) is 6.10 Å². The molecular weight excluding hydrogens is 225 g/mol. The summed E-state index contributed by atoms with van der Waals surface area (Å²) in [7, 11) is -5.41. The predicted octanol–water partition coefficient (Wildman–Crippen LogP) is -9.28. The van der Waals surface area contributed by atoms with Gasteiger partial charge < -0.3 is 29.1 Å². The Morgan fingerprint density at radius 3 is 2.08 bits per heavy atom. The molecule has 13 heavy (non-hydrogen) atoms. The van der Waals surface area contributed by atoms with Crippen LogP contribution in [0.4, 0.5) is 0 Å². The van der Waals surface area contributed by atoms with Gasteiger partial charge in [-0.2, -0.15) is 0 Å². The zero-order valence-corrected chi connectivity index (χ0v) is 12.1. The van der Waals surface area contributed by atoms with E-state index in [-0.39, 0.29) is 59.1 Å². The van der Waals surface area contributed by atoms with E-state index in [1.54, 1.807) is 0 Å². The summed E-state index contributed by atoms with van der Waals surface area (Å²) in [5.41, 5.74) is 0. The summed E-state index contributed by atoms with van der Waals surface area (Å²) < 4.78 is 12.9. The van der Waals surface area contributed by atoms with E-state index in [0.717, 1.165) is 0 Å². The van der Waals surface area contributed by atoms with Crippen LogP contribution in [0.2, 0.25) is 0 Å². The average Bonchev–Trinajstić information content (AvgIpc) is 1.82.